The fourth-order valence-electron chi connectivity index (χ4n) is 3.18. The minimum atomic E-state index is -4.99. The zero-order valence-electron chi connectivity index (χ0n) is 20.9. The maximum Gasteiger partial charge on any atom is 1.00 e. The number of benzene rings is 2. The van der Waals surface area contributed by atoms with Crippen LogP contribution in [0.15, 0.2) is 67.6 Å². The monoisotopic (exact) mass is 625 g/mol. The van der Waals surface area contributed by atoms with Crippen LogP contribution in [0, 0.1) is 0 Å². The van der Waals surface area contributed by atoms with E-state index in [1.165, 1.54) is 25.1 Å². The van der Waals surface area contributed by atoms with Crippen LogP contribution < -0.4 is 75.2 Å². The summed E-state index contributed by atoms with van der Waals surface area (Å²) in [5.41, 5.74) is 5.60. The van der Waals surface area contributed by atoms with Gasteiger partial charge in [0.25, 0.3) is 5.91 Å². The van der Waals surface area contributed by atoms with Gasteiger partial charge in [-0.05, 0) is 61.0 Å². The van der Waals surface area contributed by atoms with Crippen molar-refractivity contribution in [3.05, 3.63) is 47.7 Å². The second-order valence-electron chi connectivity index (χ2n) is 7.51. The number of halogens is 1. The molecule has 40 heavy (non-hydrogen) atoms. The number of nitrogens with two attached hydrogens (primary N) is 1. The summed E-state index contributed by atoms with van der Waals surface area (Å²) >= 11 is 5.74. The standard InChI is InChI=1S/C19H16ClN9O7S2.2Na/c1-9-15(16(30)29(28-9)11-3-5-12(6-4-11)37(31,32)33)27-26-13-8-10(2-7-14(13)38(34,35)36)22-19-24-17(20)23-18(21)25-19;;/h2-8,15H,1H3,(H,31,32,33)(H,34,35,36)(H3,21,22,23,24,25);;/q;2*+1/p-2. The molecule has 0 fully saturated rings. The minimum Gasteiger partial charge on any atom is -0.744 e. The Morgan fingerprint density at radius 2 is 1.65 bits per heavy atom. The maximum atomic E-state index is 12.9. The number of carbonyl (C=O) groups is 1. The van der Waals surface area contributed by atoms with E-state index in [1.54, 1.807) is 0 Å². The van der Waals surface area contributed by atoms with Gasteiger partial charge in [-0.1, -0.05) is 0 Å². The summed E-state index contributed by atoms with van der Waals surface area (Å²) in [4.78, 5) is 23.0. The molecular weight excluding hydrogens is 612 g/mol. The van der Waals surface area contributed by atoms with E-state index in [4.69, 9.17) is 17.3 Å². The molecule has 21 heteroatoms. The topological polar surface area (TPSA) is 249 Å². The summed E-state index contributed by atoms with van der Waals surface area (Å²) in [5, 5.41) is 15.2. The quantitative estimate of drug-likeness (QED) is 0.143. The van der Waals surface area contributed by atoms with Gasteiger partial charge in [-0.3, -0.25) is 4.79 Å². The summed E-state index contributed by atoms with van der Waals surface area (Å²) in [6.45, 7) is 1.45. The van der Waals surface area contributed by atoms with Crippen molar-refractivity contribution in [1.82, 2.24) is 15.0 Å². The van der Waals surface area contributed by atoms with E-state index in [-0.39, 0.29) is 93.4 Å². The molecule has 0 saturated heterocycles. The Morgan fingerprint density at radius 3 is 2.23 bits per heavy atom. The van der Waals surface area contributed by atoms with Gasteiger partial charge in [0.2, 0.25) is 17.2 Å². The molecule has 16 nitrogen and oxygen atoms in total. The smallest absolute Gasteiger partial charge is 0.744 e. The molecule has 1 amide bonds. The summed E-state index contributed by atoms with van der Waals surface area (Å²) in [6, 6.07) is 6.50. The molecule has 1 atom stereocenters. The number of amides is 1. The molecule has 0 saturated carbocycles. The van der Waals surface area contributed by atoms with Crippen molar-refractivity contribution in [3.63, 3.8) is 0 Å². The van der Waals surface area contributed by atoms with Gasteiger partial charge in [0.05, 0.1) is 21.2 Å². The van der Waals surface area contributed by atoms with E-state index in [2.05, 4.69) is 35.6 Å². The Bertz CT molecular complexity index is 1700. The summed E-state index contributed by atoms with van der Waals surface area (Å²) in [5.74, 6) is -0.974. The van der Waals surface area contributed by atoms with Crippen LogP contribution in [-0.4, -0.2) is 58.6 Å². The third kappa shape index (κ3) is 8.01. The molecule has 1 aliphatic heterocycles. The van der Waals surface area contributed by atoms with Gasteiger partial charge in [0.1, 0.15) is 25.9 Å². The Kier molecular flexibility index (Phi) is 11.3. The normalized spacial score (nSPS) is 15.4. The van der Waals surface area contributed by atoms with Crippen molar-refractivity contribution in [2.45, 2.75) is 22.8 Å². The van der Waals surface area contributed by atoms with Crippen LogP contribution in [0.2, 0.25) is 5.28 Å². The molecule has 4 rings (SSSR count). The van der Waals surface area contributed by atoms with Gasteiger partial charge in [-0.2, -0.15) is 35.3 Å². The fraction of sp³-hybridized carbons (Fsp3) is 0.105. The van der Waals surface area contributed by atoms with E-state index in [0.717, 1.165) is 29.3 Å². The second-order valence-corrected chi connectivity index (χ2v) is 10.6. The molecule has 2 heterocycles. The molecule has 0 bridgehead atoms. The maximum absolute atomic E-state index is 12.9. The number of anilines is 4. The van der Waals surface area contributed by atoms with Crippen molar-refractivity contribution >= 4 is 72.4 Å². The van der Waals surface area contributed by atoms with Gasteiger partial charge in [0, 0.05) is 5.69 Å². The van der Waals surface area contributed by atoms with Crippen LogP contribution in [0.3, 0.4) is 0 Å². The van der Waals surface area contributed by atoms with Crippen molar-refractivity contribution < 1.29 is 89.9 Å². The molecule has 3 N–H and O–H groups in total. The summed E-state index contributed by atoms with van der Waals surface area (Å²) in [6.07, 6.45) is 0. The minimum absolute atomic E-state index is 0. The summed E-state index contributed by atoms with van der Waals surface area (Å²) < 4.78 is 68.7. The number of hydrogen-bond donors (Lipinski definition) is 2. The molecule has 1 unspecified atom stereocenters. The van der Waals surface area contributed by atoms with Crippen LogP contribution in [0.25, 0.3) is 0 Å². The van der Waals surface area contributed by atoms with Crippen molar-refractivity contribution in [1.29, 1.82) is 0 Å². The van der Waals surface area contributed by atoms with Gasteiger partial charge in [-0.15, -0.1) is 0 Å². The predicted octanol–water partition coefficient (Wildman–Crippen LogP) is -4.46. The van der Waals surface area contributed by atoms with Crippen LogP contribution in [0.5, 0.6) is 0 Å². The Labute approximate surface area is 276 Å². The number of nitrogen functional groups attached to an aromatic ring is 1. The number of hydrogen-bond acceptors (Lipinski definition) is 15. The van der Waals surface area contributed by atoms with Crippen LogP contribution in [0.1, 0.15) is 6.92 Å². The van der Waals surface area contributed by atoms with E-state index in [9.17, 15) is 30.7 Å². The van der Waals surface area contributed by atoms with Gasteiger partial charge < -0.3 is 20.2 Å². The first-order valence-electron chi connectivity index (χ1n) is 10.1. The number of azo groups is 1. The number of nitrogens with one attached hydrogen (secondary N) is 1. The molecule has 2 aromatic carbocycles. The van der Waals surface area contributed by atoms with Gasteiger partial charge in [-0.25, -0.2) is 16.8 Å². The predicted molar refractivity (Wildman–Crippen MR) is 130 cm³/mol. The molecular formula is C19H14ClN9Na2O7S2. The second kappa shape index (κ2) is 13.3. The molecule has 0 spiro atoms. The van der Waals surface area contributed by atoms with Crippen LogP contribution in [-0.2, 0) is 25.0 Å². The number of hydrazone groups is 1. The molecule has 1 aliphatic rings. The third-order valence-electron chi connectivity index (χ3n) is 4.86. The number of rotatable bonds is 7. The Morgan fingerprint density at radius 1 is 1.00 bits per heavy atom. The van der Waals surface area contributed by atoms with E-state index in [1.807, 2.05) is 0 Å². The van der Waals surface area contributed by atoms with Gasteiger partial charge >= 0.3 is 59.1 Å². The molecule has 3 aromatic rings. The van der Waals surface area contributed by atoms with Gasteiger partial charge in [0.15, 0.2) is 6.04 Å². The molecule has 0 aliphatic carbocycles. The van der Waals surface area contributed by atoms with E-state index < -0.39 is 47.7 Å². The molecule has 0 radical (unpaired) electrons. The first kappa shape index (κ1) is 34.1. The zero-order chi connectivity index (χ0) is 27.8. The number of nitrogens with zero attached hydrogens (tertiary/aromatic N) is 7. The Balaban J connectivity index is 0.00000280. The van der Waals surface area contributed by atoms with Crippen LogP contribution in [0.4, 0.5) is 29.0 Å². The average molecular weight is 626 g/mol. The first-order chi connectivity index (χ1) is 17.7. The number of aromatic nitrogens is 3. The molecule has 1 aromatic heterocycles. The SMILES string of the molecule is CC1=NN(c2ccc(S(=O)(=O)[O-])cc2)C(=O)C1N=Nc1cc(Nc2nc(N)nc(Cl)n2)ccc1S(=O)(=O)[O-].[Na+].[Na+]. The average Bonchev–Trinajstić information content (AvgIpc) is 3.09. The van der Waals surface area contributed by atoms with Crippen LogP contribution >= 0.6 is 11.6 Å². The van der Waals surface area contributed by atoms with Crippen molar-refractivity contribution in [2.24, 2.45) is 15.3 Å². The molecule has 198 valence electrons. The van der Waals surface area contributed by atoms with Crippen molar-refractivity contribution in [3.8, 4) is 0 Å². The summed E-state index contributed by atoms with van der Waals surface area (Å²) in [7, 11) is -9.68. The zero-order valence-corrected chi connectivity index (χ0v) is 27.3. The van der Waals surface area contributed by atoms with E-state index in [0.29, 0.717) is 0 Å². The first-order valence-corrected chi connectivity index (χ1v) is 13.3. The fourth-order valence-corrected chi connectivity index (χ4v) is 4.41. The van der Waals surface area contributed by atoms with Crippen molar-refractivity contribution in [2.75, 3.05) is 16.1 Å². The Hall–Kier alpha value is -2.10. The number of carbonyl (C=O) groups excluding carboxylic acids is 1. The van der Waals surface area contributed by atoms with E-state index >= 15 is 0 Å². The third-order valence-corrected chi connectivity index (χ3v) is 6.76. The largest absolute Gasteiger partial charge is 1.00 e.